The van der Waals surface area contributed by atoms with Gasteiger partial charge in [-0.05, 0) is 31.7 Å². The van der Waals surface area contributed by atoms with Crippen molar-refractivity contribution in [3.8, 4) is 10.7 Å². The van der Waals surface area contributed by atoms with Crippen LogP contribution in [0.3, 0.4) is 0 Å². The molecular weight excluding hydrogens is 392 g/mol. The van der Waals surface area contributed by atoms with Gasteiger partial charge >= 0.3 is 0 Å². The summed E-state index contributed by atoms with van der Waals surface area (Å²) in [5, 5.41) is 10.9. The Hall–Kier alpha value is -1.39. The first-order valence-corrected chi connectivity index (χ1v) is 12.0. The molecule has 0 unspecified atom stereocenters. The van der Waals surface area contributed by atoms with Crippen molar-refractivity contribution in [2.45, 2.75) is 43.3 Å². The number of sulfone groups is 1. The lowest BCUT2D eigenvalue weighted by Crippen LogP contribution is -2.41. The van der Waals surface area contributed by atoms with E-state index in [2.05, 4.69) is 10.2 Å². The van der Waals surface area contributed by atoms with Gasteiger partial charge in [-0.15, -0.1) is 21.5 Å². The third-order valence-corrected chi connectivity index (χ3v) is 8.19. The Morgan fingerprint density at radius 2 is 2.27 bits per heavy atom. The number of carbonyl (C=O) groups excluding carboxylic acids is 1. The van der Waals surface area contributed by atoms with Gasteiger partial charge < -0.3 is 9.47 Å². The van der Waals surface area contributed by atoms with Crippen LogP contribution < -0.4 is 0 Å². The van der Waals surface area contributed by atoms with E-state index >= 15 is 0 Å². The summed E-state index contributed by atoms with van der Waals surface area (Å²) in [6.45, 7) is 4.55. The van der Waals surface area contributed by atoms with Gasteiger partial charge in [-0.1, -0.05) is 17.8 Å². The van der Waals surface area contributed by atoms with Crippen LogP contribution in [0, 0.1) is 0 Å². The van der Waals surface area contributed by atoms with Crippen LogP contribution in [0.2, 0.25) is 0 Å². The molecule has 142 valence electrons. The summed E-state index contributed by atoms with van der Waals surface area (Å²) in [5.74, 6) is 0.936. The number of hydrogen-bond donors (Lipinski definition) is 0. The van der Waals surface area contributed by atoms with Crippen LogP contribution in [-0.2, 0) is 21.2 Å². The van der Waals surface area contributed by atoms with Gasteiger partial charge in [-0.3, -0.25) is 4.79 Å². The monoisotopic (exact) mass is 414 g/mol. The molecule has 0 aliphatic carbocycles. The smallest absolute Gasteiger partial charge is 0.235 e. The van der Waals surface area contributed by atoms with Gasteiger partial charge in [0.25, 0.3) is 0 Å². The molecule has 0 bridgehead atoms. The Bertz CT molecular complexity index is 877. The fraction of sp³-hybridized carbons (Fsp3) is 0.562. The number of thiophene rings is 1. The average Bonchev–Trinajstić information content (AvgIpc) is 3.32. The van der Waals surface area contributed by atoms with E-state index in [4.69, 9.17) is 0 Å². The minimum Gasteiger partial charge on any atom is -0.341 e. The lowest BCUT2D eigenvalue weighted by Gasteiger charge is -2.26. The summed E-state index contributed by atoms with van der Waals surface area (Å²) in [6.07, 6.45) is 0.510. The summed E-state index contributed by atoms with van der Waals surface area (Å²) in [7, 11) is -1.33. The molecule has 2 atom stereocenters. The van der Waals surface area contributed by atoms with Crippen LogP contribution in [0.15, 0.2) is 22.7 Å². The molecule has 0 radical (unpaired) electrons. The van der Waals surface area contributed by atoms with Crippen molar-refractivity contribution in [1.29, 1.82) is 0 Å². The molecule has 0 saturated carbocycles. The number of thioether (sulfide) groups is 1. The third kappa shape index (κ3) is 3.96. The Morgan fingerprint density at radius 1 is 1.50 bits per heavy atom. The molecule has 3 rings (SSSR count). The molecule has 1 amide bonds. The largest absolute Gasteiger partial charge is 0.341 e. The number of hydrogen-bond acceptors (Lipinski definition) is 7. The average molecular weight is 415 g/mol. The zero-order valence-corrected chi connectivity index (χ0v) is 17.4. The van der Waals surface area contributed by atoms with Gasteiger partial charge in [0.1, 0.15) is 0 Å². The molecule has 2 aromatic heterocycles. The summed E-state index contributed by atoms with van der Waals surface area (Å²) in [6, 6.07) is 3.73. The highest BCUT2D eigenvalue weighted by atomic mass is 32.2. The summed E-state index contributed by atoms with van der Waals surface area (Å²) < 4.78 is 25.3. The van der Waals surface area contributed by atoms with E-state index in [-0.39, 0.29) is 28.7 Å². The van der Waals surface area contributed by atoms with E-state index in [1.807, 2.05) is 35.9 Å². The number of nitrogens with zero attached hydrogens (tertiary/aromatic N) is 4. The van der Waals surface area contributed by atoms with Crippen molar-refractivity contribution >= 4 is 38.8 Å². The van der Waals surface area contributed by atoms with Gasteiger partial charge in [-0.2, -0.15) is 0 Å². The van der Waals surface area contributed by atoms with E-state index in [0.717, 1.165) is 10.7 Å². The number of aromatic nitrogens is 3. The van der Waals surface area contributed by atoms with Gasteiger partial charge in [0, 0.05) is 19.6 Å². The summed E-state index contributed by atoms with van der Waals surface area (Å²) >= 11 is 2.96. The first-order chi connectivity index (χ1) is 12.3. The topological polar surface area (TPSA) is 85.2 Å². The second-order valence-corrected chi connectivity index (χ2v) is 10.8. The van der Waals surface area contributed by atoms with Gasteiger partial charge in [0.2, 0.25) is 5.91 Å². The normalized spacial score (nSPS) is 20.2. The molecule has 1 aliphatic rings. The fourth-order valence-electron chi connectivity index (χ4n) is 3.01. The van der Waals surface area contributed by atoms with Crippen molar-refractivity contribution < 1.29 is 13.2 Å². The molecule has 7 nitrogen and oxygen atoms in total. The number of rotatable bonds is 6. The van der Waals surface area contributed by atoms with E-state index in [0.29, 0.717) is 18.1 Å². The lowest BCUT2D eigenvalue weighted by atomic mass is 10.2. The molecular formula is C16H22N4O3S3. The van der Waals surface area contributed by atoms with Crippen LogP contribution in [0.25, 0.3) is 10.7 Å². The molecule has 0 spiro atoms. The maximum atomic E-state index is 12.7. The van der Waals surface area contributed by atoms with Gasteiger partial charge in [0.05, 0.1) is 21.6 Å². The molecule has 0 aromatic carbocycles. The lowest BCUT2D eigenvalue weighted by molar-refractivity contribution is -0.130. The SMILES string of the molecule is CCn1c(S[C@@H](C)C(=O)N(C)[C@@H]2CCS(=O)(=O)C2)nnc1-c1cccs1. The maximum Gasteiger partial charge on any atom is 0.235 e. The fourth-order valence-corrected chi connectivity index (χ4v) is 6.51. The van der Waals surface area contributed by atoms with E-state index < -0.39 is 9.84 Å². The second-order valence-electron chi connectivity index (χ2n) is 6.29. The van der Waals surface area contributed by atoms with Crippen LogP contribution in [0.5, 0.6) is 0 Å². The van der Waals surface area contributed by atoms with Crippen molar-refractivity contribution in [2.24, 2.45) is 0 Å². The number of carbonyl (C=O) groups is 1. The zero-order valence-electron chi connectivity index (χ0n) is 15.0. The summed E-state index contributed by atoms with van der Waals surface area (Å²) in [4.78, 5) is 15.4. The molecule has 1 saturated heterocycles. The molecule has 0 N–H and O–H groups in total. The second kappa shape index (κ2) is 7.69. The molecule has 3 heterocycles. The first-order valence-electron chi connectivity index (χ1n) is 8.43. The minimum atomic E-state index is -3.02. The molecule has 2 aromatic rings. The van der Waals surface area contributed by atoms with E-state index in [9.17, 15) is 13.2 Å². The Labute approximate surface area is 161 Å². The Morgan fingerprint density at radius 3 is 2.85 bits per heavy atom. The third-order valence-electron chi connectivity index (χ3n) is 4.51. The predicted octanol–water partition coefficient (Wildman–Crippen LogP) is 2.15. The van der Waals surface area contributed by atoms with Crippen molar-refractivity contribution in [3.63, 3.8) is 0 Å². The predicted molar refractivity (Wildman–Crippen MR) is 104 cm³/mol. The minimum absolute atomic E-state index is 0.0558. The van der Waals surface area contributed by atoms with Crippen molar-refractivity contribution in [3.05, 3.63) is 17.5 Å². The number of amides is 1. The maximum absolute atomic E-state index is 12.7. The molecule has 1 aliphatic heterocycles. The quantitative estimate of drug-likeness (QED) is 0.674. The van der Waals surface area contributed by atoms with Crippen LogP contribution in [0.1, 0.15) is 20.3 Å². The van der Waals surface area contributed by atoms with Gasteiger partial charge in [-0.25, -0.2) is 8.42 Å². The molecule has 26 heavy (non-hydrogen) atoms. The van der Waals surface area contributed by atoms with Gasteiger partial charge in [0.15, 0.2) is 20.8 Å². The van der Waals surface area contributed by atoms with Crippen molar-refractivity contribution in [2.75, 3.05) is 18.6 Å². The zero-order chi connectivity index (χ0) is 18.9. The van der Waals surface area contributed by atoms with E-state index in [1.165, 1.54) is 11.8 Å². The Balaban J connectivity index is 1.71. The van der Waals surface area contributed by atoms with Crippen LogP contribution in [-0.4, -0.2) is 63.8 Å². The first kappa shape index (κ1) is 19.4. The molecule has 1 fully saturated rings. The standard InChI is InChI=1S/C16H22N4O3S3/c1-4-20-14(13-6-5-8-24-13)17-18-16(20)25-11(2)15(21)19(3)12-7-9-26(22,23)10-12/h5-6,8,11-12H,4,7,9-10H2,1-3H3/t11-,12+/m0/s1. The highest BCUT2D eigenvalue weighted by Gasteiger charge is 2.34. The Kier molecular flexibility index (Phi) is 5.73. The highest BCUT2D eigenvalue weighted by molar-refractivity contribution is 8.00. The van der Waals surface area contributed by atoms with Crippen molar-refractivity contribution in [1.82, 2.24) is 19.7 Å². The van der Waals surface area contributed by atoms with Crippen LogP contribution in [0.4, 0.5) is 0 Å². The summed E-state index contributed by atoms with van der Waals surface area (Å²) in [5.41, 5.74) is 0. The van der Waals surface area contributed by atoms with E-state index in [1.54, 1.807) is 23.3 Å². The molecule has 10 heteroatoms. The highest BCUT2D eigenvalue weighted by Crippen LogP contribution is 2.30. The van der Waals surface area contributed by atoms with Crippen LogP contribution >= 0.6 is 23.1 Å².